The molecule has 2 saturated carbocycles. The molecule has 0 aromatic carbocycles. The maximum atomic E-state index is 13.1. The maximum absolute atomic E-state index is 13.1. The zero-order chi connectivity index (χ0) is 9.47. The molecule has 2 aliphatic rings. The zero-order valence-electron chi connectivity index (χ0n) is 8.02. The molecule has 76 valence electrons. The van der Waals surface area contributed by atoms with E-state index in [0.29, 0.717) is 18.8 Å². The molecule has 0 saturated heterocycles. The van der Waals surface area contributed by atoms with Crippen molar-refractivity contribution in [2.75, 3.05) is 6.54 Å². The molecule has 0 aromatic rings. The fraction of sp³-hybridized carbons (Fsp3) is 1.00. The van der Waals surface area contributed by atoms with Crippen molar-refractivity contribution in [1.29, 1.82) is 0 Å². The first-order valence-electron chi connectivity index (χ1n) is 5.21. The highest BCUT2D eigenvalue weighted by Gasteiger charge is 2.44. The van der Waals surface area contributed by atoms with Gasteiger partial charge in [-0.3, -0.25) is 0 Å². The van der Waals surface area contributed by atoms with Crippen molar-refractivity contribution in [2.24, 2.45) is 11.8 Å². The highest BCUT2D eigenvalue weighted by atomic mass is 19.3. The van der Waals surface area contributed by atoms with Gasteiger partial charge < -0.3 is 5.32 Å². The average molecular weight is 189 g/mol. The minimum atomic E-state index is -2.45. The first-order valence-corrected chi connectivity index (χ1v) is 5.21. The first kappa shape index (κ1) is 9.38. The summed E-state index contributed by atoms with van der Waals surface area (Å²) in [6.45, 7) is 2.97. The van der Waals surface area contributed by atoms with Gasteiger partial charge in [0.1, 0.15) is 0 Å². The van der Waals surface area contributed by atoms with Gasteiger partial charge >= 0.3 is 0 Å². The summed E-state index contributed by atoms with van der Waals surface area (Å²) in [5.74, 6) is -1.03. The lowest BCUT2D eigenvalue weighted by atomic mass is 10.2. The van der Waals surface area contributed by atoms with E-state index in [2.05, 4.69) is 12.2 Å². The van der Waals surface area contributed by atoms with Crippen LogP contribution < -0.4 is 5.32 Å². The molecule has 3 atom stereocenters. The molecule has 1 nitrogen and oxygen atoms in total. The summed E-state index contributed by atoms with van der Waals surface area (Å²) in [4.78, 5) is 0. The van der Waals surface area contributed by atoms with Crippen molar-refractivity contribution in [1.82, 2.24) is 5.32 Å². The van der Waals surface area contributed by atoms with Crippen molar-refractivity contribution in [3.63, 3.8) is 0 Å². The number of hydrogen-bond acceptors (Lipinski definition) is 1. The van der Waals surface area contributed by atoms with Crippen LogP contribution in [-0.2, 0) is 0 Å². The molecule has 0 aliphatic heterocycles. The van der Waals surface area contributed by atoms with Gasteiger partial charge in [0, 0.05) is 6.42 Å². The fourth-order valence-corrected chi connectivity index (χ4v) is 2.16. The zero-order valence-corrected chi connectivity index (χ0v) is 8.02. The van der Waals surface area contributed by atoms with Crippen LogP contribution in [0.3, 0.4) is 0 Å². The van der Waals surface area contributed by atoms with Crippen LogP contribution in [0.1, 0.15) is 32.6 Å². The van der Waals surface area contributed by atoms with Crippen molar-refractivity contribution in [3.8, 4) is 0 Å². The molecule has 2 fully saturated rings. The predicted octanol–water partition coefficient (Wildman–Crippen LogP) is 2.42. The lowest BCUT2D eigenvalue weighted by molar-refractivity contribution is -0.0180. The van der Waals surface area contributed by atoms with E-state index in [-0.39, 0.29) is 6.42 Å². The number of nitrogens with one attached hydrogen (secondary N) is 1. The lowest BCUT2D eigenvalue weighted by Gasteiger charge is -2.20. The van der Waals surface area contributed by atoms with Crippen LogP contribution in [0.5, 0.6) is 0 Å². The van der Waals surface area contributed by atoms with E-state index in [0.717, 1.165) is 12.5 Å². The average Bonchev–Trinajstić information content (AvgIpc) is 2.63. The summed E-state index contributed by atoms with van der Waals surface area (Å²) in [6, 6.07) is -0.541. The Morgan fingerprint density at radius 2 is 2.15 bits per heavy atom. The van der Waals surface area contributed by atoms with Gasteiger partial charge in [-0.15, -0.1) is 0 Å². The quantitative estimate of drug-likeness (QED) is 0.719. The SMILES string of the molecule is CC1CC1CNC1CCCC1(F)F. The van der Waals surface area contributed by atoms with Gasteiger partial charge in [-0.25, -0.2) is 8.78 Å². The summed E-state index contributed by atoms with van der Waals surface area (Å²) in [7, 11) is 0. The lowest BCUT2D eigenvalue weighted by Crippen LogP contribution is -2.41. The number of rotatable bonds is 3. The van der Waals surface area contributed by atoms with Crippen LogP contribution in [-0.4, -0.2) is 18.5 Å². The second-order valence-corrected chi connectivity index (χ2v) is 4.59. The van der Waals surface area contributed by atoms with Crippen LogP contribution in [0.4, 0.5) is 8.78 Å². The minimum Gasteiger partial charge on any atom is -0.308 e. The predicted molar refractivity (Wildman–Crippen MR) is 47.9 cm³/mol. The second-order valence-electron chi connectivity index (χ2n) is 4.59. The van der Waals surface area contributed by atoms with E-state index in [9.17, 15) is 8.78 Å². The molecule has 2 rings (SSSR count). The van der Waals surface area contributed by atoms with Gasteiger partial charge in [-0.2, -0.15) is 0 Å². The molecule has 3 unspecified atom stereocenters. The molecule has 13 heavy (non-hydrogen) atoms. The molecule has 0 aromatic heterocycles. The van der Waals surface area contributed by atoms with Crippen LogP contribution in [0.25, 0.3) is 0 Å². The monoisotopic (exact) mass is 189 g/mol. The van der Waals surface area contributed by atoms with Crippen molar-refractivity contribution < 1.29 is 8.78 Å². The first-order chi connectivity index (χ1) is 6.09. The molecule has 0 amide bonds. The third-order valence-corrected chi connectivity index (χ3v) is 3.42. The summed E-state index contributed by atoms with van der Waals surface area (Å²) < 4.78 is 26.2. The van der Waals surface area contributed by atoms with Gasteiger partial charge in [0.25, 0.3) is 5.92 Å². The highest BCUT2D eigenvalue weighted by molar-refractivity contribution is 4.92. The van der Waals surface area contributed by atoms with E-state index in [1.165, 1.54) is 6.42 Å². The van der Waals surface area contributed by atoms with Crippen LogP contribution in [0, 0.1) is 11.8 Å². The molecule has 0 spiro atoms. The van der Waals surface area contributed by atoms with E-state index in [1.54, 1.807) is 0 Å². The molecular formula is C10H17F2N. The minimum absolute atomic E-state index is 0.0743. The van der Waals surface area contributed by atoms with Gasteiger partial charge in [-0.1, -0.05) is 6.92 Å². The summed E-state index contributed by atoms with van der Waals surface area (Å²) in [5, 5.41) is 3.01. The van der Waals surface area contributed by atoms with Crippen LogP contribution in [0.15, 0.2) is 0 Å². The Kier molecular flexibility index (Phi) is 2.30. The molecule has 3 heteroatoms. The van der Waals surface area contributed by atoms with E-state index >= 15 is 0 Å². The molecule has 0 radical (unpaired) electrons. The van der Waals surface area contributed by atoms with Gasteiger partial charge in [0.05, 0.1) is 6.04 Å². The normalized spacial score (nSPS) is 42.2. The number of alkyl halides is 2. The number of halogens is 2. The van der Waals surface area contributed by atoms with E-state index in [1.807, 2.05) is 0 Å². The topological polar surface area (TPSA) is 12.0 Å². The van der Waals surface area contributed by atoms with Crippen LogP contribution in [0.2, 0.25) is 0 Å². The molecule has 0 heterocycles. The highest BCUT2D eigenvalue weighted by Crippen LogP contribution is 2.39. The van der Waals surface area contributed by atoms with E-state index in [4.69, 9.17) is 0 Å². The van der Waals surface area contributed by atoms with Gasteiger partial charge in [0.2, 0.25) is 0 Å². The van der Waals surface area contributed by atoms with E-state index < -0.39 is 12.0 Å². The largest absolute Gasteiger partial charge is 0.308 e. The van der Waals surface area contributed by atoms with Crippen molar-refractivity contribution in [2.45, 2.75) is 44.6 Å². The maximum Gasteiger partial charge on any atom is 0.263 e. The van der Waals surface area contributed by atoms with Crippen molar-refractivity contribution >= 4 is 0 Å². The van der Waals surface area contributed by atoms with Crippen LogP contribution >= 0.6 is 0 Å². The Bertz CT molecular complexity index is 193. The number of hydrogen-bond donors (Lipinski definition) is 1. The Balaban J connectivity index is 1.75. The summed E-state index contributed by atoms with van der Waals surface area (Å²) >= 11 is 0. The summed E-state index contributed by atoms with van der Waals surface area (Å²) in [6.07, 6.45) is 2.61. The Hall–Kier alpha value is -0.180. The fourth-order valence-electron chi connectivity index (χ4n) is 2.16. The Labute approximate surface area is 77.9 Å². The molecule has 0 bridgehead atoms. The molecule has 2 aliphatic carbocycles. The Morgan fingerprint density at radius 1 is 1.46 bits per heavy atom. The van der Waals surface area contributed by atoms with Gasteiger partial charge in [0.15, 0.2) is 0 Å². The molecule has 1 N–H and O–H groups in total. The van der Waals surface area contributed by atoms with Crippen molar-refractivity contribution in [3.05, 3.63) is 0 Å². The molecular weight excluding hydrogens is 172 g/mol. The summed E-state index contributed by atoms with van der Waals surface area (Å²) in [5.41, 5.74) is 0. The third-order valence-electron chi connectivity index (χ3n) is 3.42. The van der Waals surface area contributed by atoms with Gasteiger partial charge in [-0.05, 0) is 37.6 Å². The second kappa shape index (κ2) is 3.19. The third kappa shape index (κ3) is 2.01. The standard InChI is InChI=1S/C10H17F2N/c1-7-5-8(7)6-13-9-3-2-4-10(9,11)12/h7-9,13H,2-6H2,1H3. The Morgan fingerprint density at radius 3 is 2.62 bits per heavy atom. The smallest absolute Gasteiger partial charge is 0.263 e.